The molecule has 180 valence electrons. The summed E-state index contributed by atoms with van der Waals surface area (Å²) in [6.07, 6.45) is 3.19. The van der Waals surface area contributed by atoms with Crippen LogP contribution < -0.4 is 9.47 Å². The second kappa shape index (κ2) is 8.94. The summed E-state index contributed by atoms with van der Waals surface area (Å²) < 4.78 is 17.4. The fraction of sp³-hybridized carbons (Fsp3) is 0.448. The summed E-state index contributed by atoms with van der Waals surface area (Å²) in [6.45, 7) is 15.3. The molecule has 0 bridgehead atoms. The van der Waals surface area contributed by atoms with E-state index >= 15 is 0 Å². The van der Waals surface area contributed by atoms with E-state index in [0.717, 1.165) is 46.8 Å². The van der Waals surface area contributed by atoms with Gasteiger partial charge in [-0.15, -0.1) is 0 Å². The molecule has 2 aliphatic heterocycles. The van der Waals surface area contributed by atoms with Crippen molar-refractivity contribution < 1.29 is 19.0 Å². The molecule has 2 aromatic rings. The van der Waals surface area contributed by atoms with Crippen LogP contribution in [0.15, 0.2) is 41.4 Å². The molecular weight excluding hydrogens is 426 g/mol. The minimum atomic E-state index is -0.320. The Hall–Kier alpha value is -3.08. The average molecular weight is 462 g/mol. The summed E-state index contributed by atoms with van der Waals surface area (Å²) in [5, 5.41) is 0. The predicted octanol–water partition coefficient (Wildman–Crippen LogP) is 5.94. The molecule has 34 heavy (non-hydrogen) atoms. The van der Waals surface area contributed by atoms with Crippen molar-refractivity contribution in [3.63, 3.8) is 0 Å². The molecule has 0 fully saturated rings. The lowest BCUT2D eigenvalue weighted by Gasteiger charge is -2.31. The van der Waals surface area contributed by atoms with E-state index in [-0.39, 0.29) is 17.1 Å². The molecule has 4 rings (SSSR count). The van der Waals surface area contributed by atoms with Gasteiger partial charge in [-0.25, -0.2) is 4.79 Å². The van der Waals surface area contributed by atoms with E-state index in [1.165, 1.54) is 22.8 Å². The molecule has 0 radical (unpaired) electrons. The van der Waals surface area contributed by atoms with Crippen LogP contribution in [0, 0.1) is 0 Å². The molecule has 0 saturated carbocycles. The smallest absolute Gasteiger partial charge is 0.331 e. The number of allylic oxidation sites excluding steroid dienone is 1. The molecule has 0 N–H and O–H groups in total. The molecule has 5 heteroatoms. The maximum absolute atomic E-state index is 11.8. The number of benzene rings is 2. The van der Waals surface area contributed by atoms with Crippen LogP contribution in [-0.2, 0) is 22.4 Å². The predicted molar refractivity (Wildman–Crippen MR) is 136 cm³/mol. The van der Waals surface area contributed by atoms with Crippen LogP contribution in [0.2, 0.25) is 0 Å². The summed E-state index contributed by atoms with van der Waals surface area (Å²) in [7, 11) is 0. The molecule has 0 saturated heterocycles. The SMILES string of the molecule is CCOC(=O)C=C(C)c1ccc(C2=NC(C)(C)Cc3cc(OCC)c4c(c32)CC(C)(C)O4)cc1. The van der Waals surface area contributed by atoms with Gasteiger partial charge < -0.3 is 14.2 Å². The highest BCUT2D eigenvalue weighted by Gasteiger charge is 2.39. The van der Waals surface area contributed by atoms with Gasteiger partial charge in [0.15, 0.2) is 11.5 Å². The molecule has 2 aromatic carbocycles. The first kappa shape index (κ1) is 24.1. The fourth-order valence-electron chi connectivity index (χ4n) is 4.88. The van der Waals surface area contributed by atoms with Gasteiger partial charge in [-0.1, -0.05) is 24.3 Å². The number of hydrogen-bond acceptors (Lipinski definition) is 5. The van der Waals surface area contributed by atoms with Gasteiger partial charge in [-0.3, -0.25) is 4.99 Å². The molecule has 0 amide bonds. The van der Waals surface area contributed by atoms with E-state index in [4.69, 9.17) is 19.2 Å². The Morgan fingerprint density at radius 1 is 1.09 bits per heavy atom. The molecule has 0 aliphatic carbocycles. The van der Waals surface area contributed by atoms with Crippen molar-refractivity contribution in [3.05, 3.63) is 64.2 Å². The molecule has 5 nitrogen and oxygen atoms in total. The first-order valence-electron chi connectivity index (χ1n) is 12.1. The van der Waals surface area contributed by atoms with Crippen molar-refractivity contribution in [2.75, 3.05) is 13.2 Å². The van der Waals surface area contributed by atoms with Crippen LogP contribution >= 0.6 is 0 Å². The molecular formula is C29H35NO4. The standard InChI is InChI=1S/C29H35NO4/c1-8-32-23-15-21-16-28(4,5)30-26(25(21)22-17-29(6,7)34-27(22)23)20-12-10-19(11-13-20)18(3)14-24(31)33-9-2/h10-15H,8-9,16-17H2,1-7H3. The van der Waals surface area contributed by atoms with Gasteiger partial charge in [-0.05, 0) is 77.7 Å². The number of carbonyl (C=O) groups is 1. The minimum Gasteiger partial charge on any atom is -0.490 e. The van der Waals surface area contributed by atoms with Crippen LogP contribution in [0.3, 0.4) is 0 Å². The van der Waals surface area contributed by atoms with Gasteiger partial charge in [0, 0.05) is 29.2 Å². The number of ether oxygens (including phenoxy) is 3. The van der Waals surface area contributed by atoms with Gasteiger partial charge in [0.25, 0.3) is 0 Å². The Morgan fingerprint density at radius 3 is 2.44 bits per heavy atom. The third-order valence-electron chi connectivity index (χ3n) is 6.22. The van der Waals surface area contributed by atoms with Crippen LogP contribution in [-0.4, -0.2) is 36.0 Å². The summed E-state index contributed by atoms with van der Waals surface area (Å²) in [4.78, 5) is 17.1. The topological polar surface area (TPSA) is 57.1 Å². The van der Waals surface area contributed by atoms with E-state index in [1.54, 1.807) is 6.92 Å². The number of rotatable bonds is 6. The largest absolute Gasteiger partial charge is 0.490 e. The van der Waals surface area contributed by atoms with Crippen molar-refractivity contribution in [2.24, 2.45) is 4.99 Å². The van der Waals surface area contributed by atoms with Gasteiger partial charge in [0.2, 0.25) is 0 Å². The van der Waals surface area contributed by atoms with Crippen molar-refractivity contribution >= 4 is 17.3 Å². The Balaban J connectivity index is 1.79. The van der Waals surface area contributed by atoms with Gasteiger partial charge >= 0.3 is 5.97 Å². The lowest BCUT2D eigenvalue weighted by Crippen LogP contribution is -2.30. The van der Waals surface area contributed by atoms with Crippen LogP contribution in [0.4, 0.5) is 0 Å². The summed E-state index contributed by atoms with van der Waals surface area (Å²) in [6, 6.07) is 10.4. The highest BCUT2D eigenvalue weighted by molar-refractivity contribution is 6.16. The Kier molecular flexibility index (Phi) is 6.32. The number of fused-ring (bicyclic) bond motifs is 3. The zero-order chi connectivity index (χ0) is 24.7. The Bertz CT molecular complexity index is 1170. The van der Waals surface area contributed by atoms with E-state index in [0.29, 0.717) is 13.2 Å². The molecule has 2 heterocycles. The number of aliphatic imine (C=N–C) groups is 1. The van der Waals surface area contributed by atoms with Crippen molar-refractivity contribution in [1.29, 1.82) is 0 Å². The maximum Gasteiger partial charge on any atom is 0.331 e. The molecule has 2 aliphatic rings. The molecule has 0 aromatic heterocycles. The molecule has 0 atom stereocenters. The average Bonchev–Trinajstić information content (AvgIpc) is 3.08. The van der Waals surface area contributed by atoms with Crippen molar-refractivity contribution in [2.45, 2.75) is 72.4 Å². The number of hydrogen-bond donors (Lipinski definition) is 0. The first-order chi connectivity index (χ1) is 16.0. The quantitative estimate of drug-likeness (QED) is 0.395. The number of carbonyl (C=O) groups excluding carboxylic acids is 1. The highest BCUT2D eigenvalue weighted by Crippen LogP contribution is 2.48. The first-order valence-corrected chi connectivity index (χ1v) is 12.1. The van der Waals surface area contributed by atoms with Crippen LogP contribution in [0.5, 0.6) is 11.5 Å². The summed E-state index contributed by atoms with van der Waals surface area (Å²) in [5.41, 5.74) is 6.98. The van der Waals surface area contributed by atoms with Crippen molar-refractivity contribution in [1.82, 2.24) is 0 Å². The van der Waals surface area contributed by atoms with E-state index in [2.05, 4.69) is 45.9 Å². The monoisotopic (exact) mass is 461 g/mol. The van der Waals surface area contributed by atoms with Gasteiger partial charge in [-0.2, -0.15) is 0 Å². The molecule has 0 spiro atoms. The van der Waals surface area contributed by atoms with Gasteiger partial charge in [0.05, 0.1) is 24.5 Å². The Labute approximate surface area is 202 Å². The van der Waals surface area contributed by atoms with Crippen molar-refractivity contribution in [3.8, 4) is 11.5 Å². The summed E-state index contributed by atoms with van der Waals surface area (Å²) >= 11 is 0. The zero-order valence-electron chi connectivity index (χ0n) is 21.4. The Morgan fingerprint density at radius 2 is 1.79 bits per heavy atom. The fourth-order valence-corrected chi connectivity index (χ4v) is 4.88. The maximum atomic E-state index is 11.8. The second-order valence-corrected chi connectivity index (χ2v) is 10.3. The van der Waals surface area contributed by atoms with Gasteiger partial charge in [0.1, 0.15) is 5.60 Å². The third-order valence-corrected chi connectivity index (χ3v) is 6.22. The lowest BCUT2D eigenvalue weighted by molar-refractivity contribution is -0.137. The summed E-state index contributed by atoms with van der Waals surface area (Å²) in [5.74, 6) is 1.36. The second-order valence-electron chi connectivity index (χ2n) is 10.3. The minimum absolute atomic E-state index is 0.229. The normalized spacial score (nSPS) is 17.9. The number of nitrogens with zero attached hydrogens (tertiary/aromatic N) is 1. The molecule has 0 unspecified atom stereocenters. The highest BCUT2D eigenvalue weighted by atomic mass is 16.5. The van der Waals surface area contributed by atoms with E-state index < -0.39 is 0 Å². The third kappa shape index (κ3) is 4.75. The van der Waals surface area contributed by atoms with Crippen LogP contribution in [0.25, 0.3) is 5.57 Å². The van der Waals surface area contributed by atoms with E-state index in [1.807, 2.05) is 26.0 Å². The van der Waals surface area contributed by atoms with E-state index in [9.17, 15) is 4.79 Å². The lowest BCUT2D eigenvalue weighted by atomic mass is 9.81. The number of esters is 1. The zero-order valence-corrected chi connectivity index (χ0v) is 21.4. The van der Waals surface area contributed by atoms with Crippen LogP contribution in [0.1, 0.15) is 76.3 Å².